The maximum atomic E-state index is 11.9. The lowest BCUT2D eigenvalue weighted by Crippen LogP contribution is -2.12. The summed E-state index contributed by atoms with van der Waals surface area (Å²) in [6.45, 7) is 1.43. The summed E-state index contributed by atoms with van der Waals surface area (Å²) in [6, 6.07) is 4.79. The zero-order valence-electron chi connectivity index (χ0n) is 9.53. The molecule has 18 heavy (non-hydrogen) atoms. The van der Waals surface area contributed by atoms with Gasteiger partial charge in [0.2, 0.25) is 0 Å². The van der Waals surface area contributed by atoms with Crippen LogP contribution in [0.15, 0.2) is 30.6 Å². The highest BCUT2D eigenvalue weighted by Crippen LogP contribution is 2.18. The fraction of sp³-hybridized carbons (Fsp3) is 0.0833. The number of pyridine rings is 1. The summed E-state index contributed by atoms with van der Waals surface area (Å²) in [6.07, 6.45) is 3.02. The fourth-order valence-electron chi connectivity index (χ4n) is 1.40. The summed E-state index contributed by atoms with van der Waals surface area (Å²) in [5.41, 5.74) is 1.17. The van der Waals surface area contributed by atoms with Gasteiger partial charge in [-0.2, -0.15) is 0 Å². The number of Topliss-reactive ketones (excluding diaryl/α,β-unsaturated/α-hetero) is 1. The van der Waals surface area contributed by atoms with Crippen molar-refractivity contribution in [3.05, 3.63) is 47.0 Å². The minimum atomic E-state index is -0.377. The maximum absolute atomic E-state index is 11.9. The Bertz CT molecular complexity index is 607. The molecule has 2 aromatic rings. The van der Waals surface area contributed by atoms with Gasteiger partial charge in [-0.05, 0) is 25.1 Å². The number of hydrogen-bond acceptors (Lipinski definition) is 3. The first-order valence-corrected chi connectivity index (χ1v) is 5.57. The molecule has 2 aromatic heterocycles. The molecule has 0 fully saturated rings. The number of halogens is 1. The van der Waals surface area contributed by atoms with Gasteiger partial charge < -0.3 is 10.3 Å². The van der Waals surface area contributed by atoms with Crippen molar-refractivity contribution < 1.29 is 9.59 Å². The molecule has 0 aliphatic heterocycles. The minimum absolute atomic E-state index is 0.107. The highest BCUT2D eigenvalue weighted by Gasteiger charge is 2.12. The van der Waals surface area contributed by atoms with Crippen LogP contribution in [0.25, 0.3) is 0 Å². The molecule has 2 N–H and O–H groups in total. The number of carbonyl (C=O) groups is 2. The van der Waals surface area contributed by atoms with Crippen molar-refractivity contribution in [1.82, 2.24) is 9.97 Å². The molecule has 0 aliphatic rings. The molecule has 0 radical (unpaired) electrons. The zero-order chi connectivity index (χ0) is 13.1. The van der Waals surface area contributed by atoms with E-state index >= 15 is 0 Å². The van der Waals surface area contributed by atoms with Crippen LogP contribution in [-0.2, 0) is 0 Å². The van der Waals surface area contributed by atoms with E-state index in [1.54, 1.807) is 12.1 Å². The van der Waals surface area contributed by atoms with E-state index in [9.17, 15) is 9.59 Å². The van der Waals surface area contributed by atoms with E-state index < -0.39 is 0 Å². The van der Waals surface area contributed by atoms with E-state index in [0.29, 0.717) is 16.9 Å². The lowest BCUT2D eigenvalue weighted by Gasteiger charge is -2.04. The number of H-pyrrole nitrogens is 1. The normalized spacial score (nSPS) is 10.1. The smallest absolute Gasteiger partial charge is 0.272 e. The number of aromatic nitrogens is 2. The van der Waals surface area contributed by atoms with Gasteiger partial charge in [-0.25, -0.2) is 4.98 Å². The number of rotatable bonds is 3. The number of ketones is 1. The van der Waals surface area contributed by atoms with Crippen molar-refractivity contribution in [2.24, 2.45) is 0 Å². The standard InChI is InChI=1S/C12H10ClN3O2/c1-7(17)8-5-10(15-6-8)12(18)16-9-3-2-4-14-11(9)13/h2-6,15H,1H3,(H,16,18). The molecular formula is C12H10ClN3O2. The molecule has 0 saturated carbocycles. The largest absolute Gasteiger partial charge is 0.356 e. The predicted molar refractivity (Wildman–Crippen MR) is 68.0 cm³/mol. The molecule has 0 atom stereocenters. The molecule has 6 heteroatoms. The molecule has 2 rings (SSSR count). The van der Waals surface area contributed by atoms with Crippen molar-refractivity contribution in [1.29, 1.82) is 0 Å². The van der Waals surface area contributed by atoms with Gasteiger partial charge in [-0.15, -0.1) is 0 Å². The highest BCUT2D eigenvalue weighted by molar-refractivity contribution is 6.32. The molecule has 2 heterocycles. The van der Waals surface area contributed by atoms with Crippen LogP contribution in [-0.4, -0.2) is 21.7 Å². The van der Waals surface area contributed by atoms with E-state index in [2.05, 4.69) is 15.3 Å². The van der Waals surface area contributed by atoms with Gasteiger partial charge >= 0.3 is 0 Å². The summed E-state index contributed by atoms with van der Waals surface area (Å²) >= 11 is 5.82. The van der Waals surface area contributed by atoms with Crippen LogP contribution in [0.5, 0.6) is 0 Å². The predicted octanol–water partition coefficient (Wildman–Crippen LogP) is 2.52. The molecule has 0 unspecified atom stereocenters. The zero-order valence-corrected chi connectivity index (χ0v) is 10.3. The molecule has 5 nitrogen and oxygen atoms in total. The third kappa shape index (κ3) is 2.57. The van der Waals surface area contributed by atoms with Crippen molar-refractivity contribution in [3.8, 4) is 0 Å². The van der Waals surface area contributed by atoms with Gasteiger partial charge in [0.15, 0.2) is 10.9 Å². The van der Waals surface area contributed by atoms with Gasteiger partial charge in [-0.1, -0.05) is 11.6 Å². The number of nitrogens with zero attached hydrogens (tertiary/aromatic N) is 1. The Morgan fingerprint density at radius 2 is 2.22 bits per heavy atom. The van der Waals surface area contributed by atoms with Gasteiger partial charge in [0, 0.05) is 18.0 Å². The van der Waals surface area contributed by atoms with Gasteiger partial charge in [-0.3, -0.25) is 9.59 Å². The number of anilines is 1. The molecular weight excluding hydrogens is 254 g/mol. The molecule has 0 aliphatic carbocycles. The van der Waals surface area contributed by atoms with Crippen LogP contribution in [0.3, 0.4) is 0 Å². The lowest BCUT2D eigenvalue weighted by atomic mass is 10.2. The Morgan fingerprint density at radius 3 is 2.83 bits per heavy atom. The van der Waals surface area contributed by atoms with Crippen LogP contribution in [0.4, 0.5) is 5.69 Å². The number of aromatic amines is 1. The number of carbonyl (C=O) groups excluding carboxylic acids is 2. The van der Waals surface area contributed by atoms with Crippen molar-refractivity contribution >= 4 is 29.0 Å². The Morgan fingerprint density at radius 1 is 1.44 bits per heavy atom. The summed E-state index contributed by atoms with van der Waals surface area (Å²) in [7, 11) is 0. The van der Waals surface area contributed by atoms with Crippen LogP contribution < -0.4 is 5.32 Å². The third-order valence-corrected chi connectivity index (χ3v) is 2.64. The Labute approximate surface area is 108 Å². The SMILES string of the molecule is CC(=O)c1c[nH]c(C(=O)Nc2cccnc2Cl)c1. The van der Waals surface area contributed by atoms with Gasteiger partial charge in [0.05, 0.1) is 5.69 Å². The molecule has 1 amide bonds. The van der Waals surface area contributed by atoms with Crippen LogP contribution >= 0.6 is 11.6 Å². The average molecular weight is 264 g/mol. The highest BCUT2D eigenvalue weighted by atomic mass is 35.5. The fourth-order valence-corrected chi connectivity index (χ4v) is 1.56. The first-order chi connectivity index (χ1) is 8.58. The van der Waals surface area contributed by atoms with Crippen LogP contribution in [0, 0.1) is 0 Å². The first-order valence-electron chi connectivity index (χ1n) is 5.19. The molecule has 0 saturated heterocycles. The summed E-state index contributed by atoms with van der Waals surface area (Å²) in [4.78, 5) is 29.5. The topological polar surface area (TPSA) is 74.8 Å². The Hall–Kier alpha value is -2.14. The van der Waals surface area contributed by atoms with Crippen molar-refractivity contribution in [2.45, 2.75) is 6.92 Å². The lowest BCUT2D eigenvalue weighted by molar-refractivity contribution is 0.101. The van der Waals surface area contributed by atoms with E-state index in [1.807, 2.05) is 0 Å². The maximum Gasteiger partial charge on any atom is 0.272 e. The van der Waals surface area contributed by atoms with Crippen LogP contribution in [0.1, 0.15) is 27.8 Å². The summed E-state index contributed by atoms with van der Waals surface area (Å²) in [5.74, 6) is -0.484. The number of hydrogen-bond donors (Lipinski definition) is 2. The summed E-state index contributed by atoms with van der Waals surface area (Å²) in [5, 5.41) is 2.82. The summed E-state index contributed by atoms with van der Waals surface area (Å²) < 4.78 is 0. The number of nitrogens with one attached hydrogen (secondary N) is 2. The van der Waals surface area contributed by atoms with E-state index in [0.717, 1.165) is 0 Å². The Balaban J connectivity index is 2.17. The molecule has 0 aromatic carbocycles. The monoisotopic (exact) mass is 263 g/mol. The second kappa shape index (κ2) is 5.01. The number of amides is 1. The molecule has 0 spiro atoms. The average Bonchev–Trinajstić information content (AvgIpc) is 2.81. The Kier molecular flexibility index (Phi) is 3.43. The quantitative estimate of drug-likeness (QED) is 0.660. The van der Waals surface area contributed by atoms with Gasteiger partial charge in [0.1, 0.15) is 5.69 Å². The van der Waals surface area contributed by atoms with Crippen LogP contribution in [0.2, 0.25) is 5.15 Å². The van der Waals surface area contributed by atoms with E-state index in [-0.39, 0.29) is 16.8 Å². The second-order valence-corrected chi connectivity index (χ2v) is 4.01. The molecule has 0 bridgehead atoms. The van der Waals surface area contributed by atoms with Crippen molar-refractivity contribution in [3.63, 3.8) is 0 Å². The van der Waals surface area contributed by atoms with Crippen molar-refractivity contribution in [2.75, 3.05) is 5.32 Å². The third-order valence-electron chi connectivity index (χ3n) is 2.34. The van der Waals surface area contributed by atoms with Gasteiger partial charge in [0.25, 0.3) is 5.91 Å². The van der Waals surface area contributed by atoms with E-state index in [4.69, 9.17) is 11.6 Å². The van der Waals surface area contributed by atoms with E-state index in [1.165, 1.54) is 25.4 Å². The minimum Gasteiger partial charge on any atom is -0.356 e. The second-order valence-electron chi connectivity index (χ2n) is 3.65. The molecule has 92 valence electrons. The first kappa shape index (κ1) is 12.3.